The van der Waals surface area contributed by atoms with Crippen LogP contribution in [0, 0.1) is 0 Å². The van der Waals surface area contributed by atoms with Crippen molar-refractivity contribution in [3.05, 3.63) is 0 Å². The maximum absolute atomic E-state index is 5.90. The molecule has 0 saturated carbocycles. The van der Waals surface area contributed by atoms with Gasteiger partial charge in [0.2, 0.25) is 0 Å². The molecule has 18 heavy (non-hydrogen) atoms. The molecule has 0 aliphatic carbocycles. The summed E-state index contributed by atoms with van der Waals surface area (Å²) in [7, 11) is 1.77. The third-order valence-electron chi connectivity index (χ3n) is 4.00. The van der Waals surface area contributed by atoms with Crippen LogP contribution in [0.15, 0.2) is 0 Å². The second kappa shape index (κ2) is 7.40. The lowest BCUT2D eigenvalue weighted by molar-refractivity contribution is 0.0135. The van der Waals surface area contributed by atoms with Gasteiger partial charge in [0.15, 0.2) is 0 Å². The van der Waals surface area contributed by atoms with E-state index in [1.807, 2.05) is 0 Å². The smallest absolute Gasteiger partial charge is 0.0707 e. The van der Waals surface area contributed by atoms with Gasteiger partial charge in [0, 0.05) is 52.9 Å². The van der Waals surface area contributed by atoms with Crippen LogP contribution in [-0.4, -0.2) is 81.5 Å². The average molecular weight is 257 g/mol. The monoisotopic (exact) mass is 257 g/mol. The Kier molecular flexibility index (Phi) is 5.85. The van der Waals surface area contributed by atoms with Gasteiger partial charge in [0.05, 0.1) is 18.8 Å². The van der Waals surface area contributed by atoms with E-state index in [9.17, 15) is 0 Å². The zero-order chi connectivity index (χ0) is 12.8. The molecule has 0 aromatic heterocycles. The van der Waals surface area contributed by atoms with Crippen molar-refractivity contribution in [2.24, 2.45) is 5.73 Å². The van der Waals surface area contributed by atoms with Crippen molar-refractivity contribution in [2.75, 3.05) is 59.5 Å². The van der Waals surface area contributed by atoms with Gasteiger partial charge in [-0.05, 0) is 12.8 Å². The van der Waals surface area contributed by atoms with Crippen LogP contribution in [0.3, 0.4) is 0 Å². The largest absolute Gasteiger partial charge is 0.383 e. The van der Waals surface area contributed by atoms with Gasteiger partial charge in [0.25, 0.3) is 0 Å². The third-order valence-corrected chi connectivity index (χ3v) is 4.00. The van der Waals surface area contributed by atoms with Crippen molar-refractivity contribution in [2.45, 2.75) is 25.0 Å². The number of nitrogens with zero attached hydrogens (tertiary/aromatic N) is 2. The lowest BCUT2D eigenvalue weighted by Crippen LogP contribution is -2.49. The first-order chi connectivity index (χ1) is 8.81. The summed E-state index contributed by atoms with van der Waals surface area (Å²) >= 11 is 0. The van der Waals surface area contributed by atoms with Crippen molar-refractivity contribution in [1.82, 2.24) is 9.80 Å². The summed E-state index contributed by atoms with van der Waals surface area (Å²) in [4.78, 5) is 4.99. The van der Waals surface area contributed by atoms with Crippen molar-refractivity contribution in [1.29, 1.82) is 0 Å². The summed E-state index contributed by atoms with van der Waals surface area (Å²) in [6.07, 6.45) is 3.02. The van der Waals surface area contributed by atoms with Crippen molar-refractivity contribution < 1.29 is 9.47 Å². The van der Waals surface area contributed by atoms with E-state index in [0.29, 0.717) is 18.8 Å². The number of methoxy groups -OCH3 is 1. The van der Waals surface area contributed by atoms with E-state index in [4.69, 9.17) is 15.2 Å². The molecule has 2 N–H and O–H groups in total. The molecule has 2 aliphatic heterocycles. The molecule has 5 nitrogen and oxygen atoms in total. The fourth-order valence-corrected chi connectivity index (χ4v) is 2.79. The zero-order valence-corrected chi connectivity index (χ0v) is 11.5. The molecule has 2 heterocycles. The fourth-order valence-electron chi connectivity index (χ4n) is 2.79. The molecule has 2 rings (SSSR count). The van der Waals surface area contributed by atoms with Crippen LogP contribution in [0.5, 0.6) is 0 Å². The van der Waals surface area contributed by atoms with E-state index in [1.54, 1.807) is 7.11 Å². The fraction of sp³-hybridized carbons (Fsp3) is 1.00. The van der Waals surface area contributed by atoms with Crippen LogP contribution < -0.4 is 5.73 Å². The van der Waals surface area contributed by atoms with Gasteiger partial charge in [-0.25, -0.2) is 0 Å². The summed E-state index contributed by atoms with van der Waals surface area (Å²) < 4.78 is 11.0. The molecule has 2 atom stereocenters. The van der Waals surface area contributed by atoms with Crippen LogP contribution in [0.1, 0.15) is 12.8 Å². The Labute approximate surface area is 110 Å². The Morgan fingerprint density at radius 1 is 1.11 bits per heavy atom. The number of hydrogen-bond acceptors (Lipinski definition) is 5. The van der Waals surface area contributed by atoms with Gasteiger partial charge >= 0.3 is 0 Å². The standard InChI is InChI=1S/C13H27N3O2/c1-17-9-8-15-4-6-16(7-5-15)11-13-3-2-12(10-14)18-13/h12-13H,2-11,14H2,1H3/t12-,13+/m1/s1. The van der Waals surface area contributed by atoms with Crippen molar-refractivity contribution in [3.8, 4) is 0 Å². The SMILES string of the molecule is COCCN1CCN(C[C@@H]2CC[C@H](CN)O2)CC1. The molecule has 5 heteroatoms. The molecule has 0 unspecified atom stereocenters. The van der Waals surface area contributed by atoms with Gasteiger partial charge in [-0.1, -0.05) is 0 Å². The summed E-state index contributed by atoms with van der Waals surface area (Å²) in [6.45, 7) is 8.24. The molecule has 0 aromatic carbocycles. The molecule has 2 saturated heterocycles. The number of nitrogens with two attached hydrogens (primary N) is 1. The first-order valence-electron chi connectivity index (χ1n) is 7.11. The molecule has 106 valence electrons. The first-order valence-corrected chi connectivity index (χ1v) is 7.11. The minimum atomic E-state index is 0.304. The molecule has 0 bridgehead atoms. The number of ether oxygens (including phenoxy) is 2. The van der Waals surface area contributed by atoms with E-state index < -0.39 is 0 Å². The summed E-state index contributed by atoms with van der Waals surface area (Å²) in [6, 6.07) is 0. The highest BCUT2D eigenvalue weighted by Gasteiger charge is 2.27. The summed E-state index contributed by atoms with van der Waals surface area (Å²) in [5, 5.41) is 0. The maximum atomic E-state index is 5.90. The predicted molar refractivity (Wildman–Crippen MR) is 71.7 cm³/mol. The van der Waals surface area contributed by atoms with E-state index in [-0.39, 0.29) is 0 Å². The summed E-state index contributed by atoms with van der Waals surface area (Å²) in [5.74, 6) is 0. The summed E-state index contributed by atoms with van der Waals surface area (Å²) in [5.41, 5.74) is 5.64. The van der Waals surface area contributed by atoms with Crippen LogP contribution in [0.25, 0.3) is 0 Å². The Morgan fingerprint density at radius 3 is 2.39 bits per heavy atom. The average Bonchev–Trinajstić information content (AvgIpc) is 2.86. The van der Waals surface area contributed by atoms with Crippen LogP contribution in [-0.2, 0) is 9.47 Å². The Balaban J connectivity index is 1.62. The lowest BCUT2D eigenvalue weighted by atomic mass is 10.2. The van der Waals surface area contributed by atoms with E-state index >= 15 is 0 Å². The Hall–Kier alpha value is -0.200. The molecule has 0 radical (unpaired) electrons. The molecule has 2 fully saturated rings. The normalized spacial score (nSPS) is 31.0. The van der Waals surface area contributed by atoms with Crippen LogP contribution in [0.2, 0.25) is 0 Å². The molecule has 0 amide bonds. The molecule has 0 spiro atoms. The second-order valence-corrected chi connectivity index (χ2v) is 5.33. The highest BCUT2D eigenvalue weighted by atomic mass is 16.5. The Morgan fingerprint density at radius 2 is 1.78 bits per heavy atom. The number of piperazine rings is 1. The van der Waals surface area contributed by atoms with E-state index in [2.05, 4.69) is 9.80 Å². The van der Waals surface area contributed by atoms with Gasteiger partial charge < -0.3 is 15.2 Å². The minimum absolute atomic E-state index is 0.304. The minimum Gasteiger partial charge on any atom is -0.383 e. The van der Waals surface area contributed by atoms with Crippen LogP contribution in [0.4, 0.5) is 0 Å². The van der Waals surface area contributed by atoms with Crippen molar-refractivity contribution in [3.63, 3.8) is 0 Å². The van der Waals surface area contributed by atoms with Gasteiger partial charge in [0.1, 0.15) is 0 Å². The molecular weight excluding hydrogens is 230 g/mol. The topological polar surface area (TPSA) is 51.0 Å². The number of hydrogen-bond donors (Lipinski definition) is 1. The Bertz CT molecular complexity index is 232. The van der Waals surface area contributed by atoms with Crippen LogP contribution >= 0.6 is 0 Å². The third kappa shape index (κ3) is 4.17. The quantitative estimate of drug-likeness (QED) is 0.711. The lowest BCUT2D eigenvalue weighted by Gasteiger charge is -2.35. The van der Waals surface area contributed by atoms with Gasteiger partial charge in [-0.2, -0.15) is 0 Å². The molecule has 2 aliphatic rings. The number of rotatable bonds is 6. The predicted octanol–water partition coefficient (Wildman–Crippen LogP) is -0.243. The molecular formula is C13H27N3O2. The van der Waals surface area contributed by atoms with E-state index in [0.717, 1.165) is 52.3 Å². The first kappa shape index (κ1) is 14.2. The van der Waals surface area contributed by atoms with E-state index in [1.165, 1.54) is 6.42 Å². The van der Waals surface area contributed by atoms with Gasteiger partial charge in [-0.15, -0.1) is 0 Å². The maximum Gasteiger partial charge on any atom is 0.0707 e. The molecule has 0 aromatic rings. The van der Waals surface area contributed by atoms with Gasteiger partial charge in [-0.3, -0.25) is 9.80 Å². The zero-order valence-electron chi connectivity index (χ0n) is 11.5. The highest BCUT2D eigenvalue weighted by Crippen LogP contribution is 2.20. The highest BCUT2D eigenvalue weighted by molar-refractivity contribution is 4.79. The van der Waals surface area contributed by atoms with Crippen molar-refractivity contribution >= 4 is 0 Å². The second-order valence-electron chi connectivity index (χ2n) is 5.33.